The number of hydrogen-bond acceptors (Lipinski definition) is 5. The van der Waals surface area contributed by atoms with Gasteiger partial charge in [-0.25, -0.2) is 0 Å². The van der Waals surface area contributed by atoms with Gasteiger partial charge in [0, 0.05) is 16.5 Å². The molecular weight excluding hydrogens is 380 g/mol. The minimum Gasteiger partial charge on any atom is -0.497 e. The van der Waals surface area contributed by atoms with E-state index in [1.54, 1.807) is 20.3 Å². The van der Waals surface area contributed by atoms with Crippen molar-refractivity contribution in [3.8, 4) is 34.1 Å². The highest BCUT2D eigenvalue weighted by Crippen LogP contribution is 2.38. The third-order valence-electron chi connectivity index (χ3n) is 5.19. The Hall–Kier alpha value is -3.99. The Balaban J connectivity index is 1.67. The summed E-state index contributed by atoms with van der Waals surface area (Å²) in [6.45, 7) is 0. The average molecular weight is 398 g/mol. The topological polar surface area (TPSA) is 61.8 Å². The smallest absolute Gasteiger partial charge is 0.153 e. The summed E-state index contributed by atoms with van der Waals surface area (Å²) in [4.78, 5) is 11.7. The fourth-order valence-corrected chi connectivity index (χ4v) is 3.61. The molecule has 5 rings (SSSR count). The van der Waals surface area contributed by atoms with Crippen LogP contribution in [0.2, 0.25) is 0 Å². The van der Waals surface area contributed by atoms with Gasteiger partial charge in [-0.15, -0.1) is 0 Å². The fraction of sp³-hybridized carbons (Fsp3) is 0.0800. The molecule has 0 aliphatic heterocycles. The number of fused-ring (bicyclic) bond motifs is 3. The van der Waals surface area contributed by atoms with Crippen molar-refractivity contribution in [2.75, 3.05) is 14.2 Å². The molecule has 0 spiro atoms. The number of hydrogen-bond donors (Lipinski definition) is 0. The standard InChI is InChI=1S/C25H18O5/c1-27-19-7-3-15(4-8-19)22-12-17-11-18(14-26)25-21(24(17)29-22)13-23(30-25)16-5-9-20(28-2)10-6-16/h3-14H,1-2H3. The molecule has 0 amide bonds. The van der Waals surface area contributed by atoms with Gasteiger partial charge in [0.05, 0.1) is 25.2 Å². The lowest BCUT2D eigenvalue weighted by Crippen LogP contribution is -1.81. The Bertz CT molecular complexity index is 1360. The summed E-state index contributed by atoms with van der Waals surface area (Å²) in [5.41, 5.74) is 3.49. The molecule has 3 aromatic carbocycles. The van der Waals surface area contributed by atoms with E-state index < -0.39 is 0 Å². The molecule has 5 nitrogen and oxygen atoms in total. The molecule has 0 bridgehead atoms. The Morgan fingerprint density at radius 2 is 1.23 bits per heavy atom. The van der Waals surface area contributed by atoms with Gasteiger partial charge in [0.1, 0.15) is 34.2 Å². The van der Waals surface area contributed by atoms with Crippen LogP contribution in [0.3, 0.4) is 0 Å². The Morgan fingerprint density at radius 1 is 0.700 bits per heavy atom. The van der Waals surface area contributed by atoms with Crippen molar-refractivity contribution in [2.24, 2.45) is 0 Å². The molecule has 0 radical (unpaired) electrons. The summed E-state index contributed by atoms with van der Waals surface area (Å²) < 4.78 is 22.7. The van der Waals surface area contributed by atoms with Crippen LogP contribution in [0.25, 0.3) is 44.6 Å². The zero-order valence-corrected chi connectivity index (χ0v) is 16.5. The Morgan fingerprint density at radius 3 is 1.77 bits per heavy atom. The predicted molar refractivity (Wildman–Crippen MR) is 115 cm³/mol. The molecule has 0 unspecified atom stereocenters. The van der Waals surface area contributed by atoms with Crippen molar-refractivity contribution < 1.29 is 23.1 Å². The maximum atomic E-state index is 11.7. The quantitative estimate of drug-likeness (QED) is 0.323. The van der Waals surface area contributed by atoms with Crippen LogP contribution in [0.1, 0.15) is 10.4 Å². The number of ether oxygens (including phenoxy) is 2. The Labute approximate surface area is 172 Å². The Kier molecular flexibility index (Phi) is 4.29. The second-order valence-corrected chi connectivity index (χ2v) is 6.92. The first-order valence-electron chi connectivity index (χ1n) is 9.44. The number of aldehydes is 1. The molecule has 148 valence electrons. The minimum absolute atomic E-state index is 0.486. The summed E-state index contributed by atoms with van der Waals surface area (Å²) in [6, 6.07) is 20.8. The molecule has 2 aromatic heterocycles. The van der Waals surface area contributed by atoms with Crippen molar-refractivity contribution in [1.29, 1.82) is 0 Å². The maximum absolute atomic E-state index is 11.7. The molecule has 0 aliphatic rings. The first-order chi connectivity index (χ1) is 14.7. The molecule has 30 heavy (non-hydrogen) atoms. The number of carbonyl (C=O) groups is 1. The lowest BCUT2D eigenvalue weighted by Gasteiger charge is -2.00. The van der Waals surface area contributed by atoms with E-state index in [0.717, 1.165) is 39.7 Å². The molecule has 2 heterocycles. The van der Waals surface area contributed by atoms with Crippen molar-refractivity contribution in [3.05, 3.63) is 72.3 Å². The van der Waals surface area contributed by atoms with E-state index in [4.69, 9.17) is 18.3 Å². The summed E-state index contributed by atoms with van der Waals surface area (Å²) in [5, 5.41) is 1.61. The summed E-state index contributed by atoms with van der Waals surface area (Å²) >= 11 is 0. The number of benzene rings is 3. The highest BCUT2D eigenvalue weighted by atomic mass is 16.5. The largest absolute Gasteiger partial charge is 0.497 e. The van der Waals surface area contributed by atoms with Crippen LogP contribution < -0.4 is 9.47 Å². The monoisotopic (exact) mass is 398 g/mol. The second-order valence-electron chi connectivity index (χ2n) is 6.92. The van der Waals surface area contributed by atoms with Gasteiger partial charge in [0.15, 0.2) is 6.29 Å². The number of furan rings is 2. The third kappa shape index (κ3) is 2.92. The molecule has 0 atom stereocenters. The van der Waals surface area contributed by atoms with Crippen molar-refractivity contribution in [3.63, 3.8) is 0 Å². The van der Waals surface area contributed by atoms with Crippen LogP contribution in [0.15, 0.2) is 75.6 Å². The van der Waals surface area contributed by atoms with E-state index in [-0.39, 0.29) is 0 Å². The van der Waals surface area contributed by atoms with E-state index in [1.807, 2.05) is 60.7 Å². The lowest BCUT2D eigenvalue weighted by molar-refractivity contribution is 0.112. The van der Waals surface area contributed by atoms with E-state index in [1.165, 1.54) is 0 Å². The third-order valence-corrected chi connectivity index (χ3v) is 5.19. The van der Waals surface area contributed by atoms with E-state index >= 15 is 0 Å². The normalized spacial score (nSPS) is 11.1. The molecule has 0 aliphatic carbocycles. The first-order valence-corrected chi connectivity index (χ1v) is 9.44. The molecule has 5 aromatic rings. The van der Waals surface area contributed by atoms with Gasteiger partial charge in [0.2, 0.25) is 0 Å². The molecule has 0 saturated carbocycles. The maximum Gasteiger partial charge on any atom is 0.153 e. The highest BCUT2D eigenvalue weighted by Gasteiger charge is 2.17. The van der Waals surface area contributed by atoms with Gasteiger partial charge >= 0.3 is 0 Å². The minimum atomic E-state index is 0.486. The predicted octanol–water partition coefficient (Wildman–Crippen LogP) is 6.34. The van der Waals surface area contributed by atoms with E-state index in [2.05, 4.69) is 0 Å². The van der Waals surface area contributed by atoms with Gasteiger partial charge < -0.3 is 18.3 Å². The van der Waals surface area contributed by atoms with Crippen LogP contribution in [0, 0.1) is 0 Å². The SMILES string of the molecule is COc1ccc(-c2cc3c(o2)c(C=O)cc2cc(-c4ccc(OC)cc4)oc23)cc1. The molecular formula is C25H18O5. The van der Waals surface area contributed by atoms with Crippen LogP contribution >= 0.6 is 0 Å². The fourth-order valence-electron chi connectivity index (χ4n) is 3.61. The van der Waals surface area contributed by atoms with Crippen LogP contribution in [-0.2, 0) is 0 Å². The van der Waals surface area contributed by atoms with Gasteiger partial charge in [-0.05, 0) is 66.7 Å². The van der Waals surface area contributed by atoms with Crippen LogP contribution in [0.4, 0.5) is 0 Å². The van der Waals surface area contributed by atoms with E-state index in [0.29, 0.717) is 28.2 Å². The van der Waals surface area contributed by atoms with Gasteiger partial charge in [-0.2, -0.15) is 0 Å². The summed E-state index contributed by atoms with van der Waals surface area (Å²) in [5.74, 6) is 2.91. The van der Waals surface area contributed by atoms with Crippen molar-refractivity contribution in [2.45, 2.75) is 0 Å². The van der Waals surface area contributed by atoms with Crippen molar-refractivity contribution in [1.82, 2.24) is 0 Å². The van der Waals surface area contributed by atoms with Crippen LogP contribution in [0.5, 0.6) is 11.5 Å². The zero-order chi connectivity index (χ0) is 20.7. The number of carbonyl (C=O) groups excluding carboxylic acids is 1. The van der Waals surface area contributed by atoms with Crippen molar-refractivity contribution >= 4 is 28.2 Å². The van der Waals surface area contributed by atoms with Crippen LogP contribution in [-0.4, -0.2) is 20.5 Å². The molecule has 5 heteroatoms. The summed E-state index contributed by atoms with van der Waals surface area (Å²) in [7, 11) is 3.26. The highest BCUT2D eigenvalue weighted by molar-refractivity contribution is 6.11. The first kappa shape index (κ1) is 18.1. The molecule has 0 saturated heterocycles. The van der Waals surface area contributed by atoms with Gasteiger partial charge in [0.25, 0.3) is 0 Å². The number of rotatable bonds is 5. The molecule has 0 N–H and O–H groups in total. The van der Waals surface area contributed by atoms with Gasteiger partial charge in [-0.3, -0.25) is 4.79 Å². The lowest BCUT2D eigenvalue weighted by atomic mass is 10.1. The van der Waals surface area contributed by atoms with Gasteiger partial charge in [-0.1, -0.05) is 0 Å². The average Bonchev–Trinajstić information content (AvgIpc) is 3.43. The molecule has 0 fully saturated rings. The number of methoxy groups -OCH3 is 2. The van der Waals surface area contributed by atoms with E-state index in [9.17, 15) is 4.79 Å². The zero-order valence-electron chi connectivity index (χ0n) is 16.5. The summed E-state index contributed by atoms with van der Waals surface area (Å²) in [6.07, 6.45) is 0.809. The second kappa shape index (κ2) is 7.12.